The fraction of sp³-hybridized carbons (Fsp3) is 0.875. The predicted octanol–water partition coefficient (Wildman–Crippen LogP) is 1.42. The highest BCUT2D eigenvalue weighted by molar-refractivity contribution is 7.47. The van der Waals surface area contributed by atoms with Gasteiger partial charge in [0, 0.05) is 59.2 Å². The third-order valence-electron chi connectivity index (χ3n) is 3.76. The number of amides is 1. The van der Waals surface area contributed by atoms with Crippen LogP contribution in [0.5, 0.6) is 0 Å². The number of carbonyl (C=O) groups excluding carboxylic acids is 2. The highest BCUT2D eigenvalue weighted by atomic mass is 31.2. The number of phosphoric ester groups is 1. The Kier molecular flexibility index (Phi) is 14.8. The topological polar surface area (TPSA) is 131 Å². The molecule has 26 heavy (non-hydrogen) atoms. The third-order valence-corrected chi connectivity index (χ3v) is 4.70. The maximum atomic E-state index is 11.7. The number of aliphatic hydroxyl groups excluding tert-OH is 1. The van der Waals surface area contributed by atoms with Gasteiger partial charge in [0.25, 0.3) is 0 Å². The van der Waals surface area contributed by atoms with Gasteiger partial charge in [0.15, 0.2) is 0 Å². The Balaban J connectivity index is 3.72. The molecule has 0 bridgehead atoms. The minimum absolute atomic E-state index is 0.0558. The SMILES string of the molecule is COCCCC(=O)CCC(=O)NCCCCC(CO)COP(=O)(O)OC. The third kappa shape index (κ3) is 14.4. The van der Waals surface area contributed by atoms with E-state index in [1.807, 2.05) is 0 Å². The molecule has 0 saturated carbocycles. The number of carbonyl (C=O) groups is 2. The van der Waals surface area contributed by atoms with E-state index >= 15 is 0 Å². The molecule has 0 aliphatic carbocycles. The molecule has 3 N–H and O–H groups in total. The Bertz CT molecular complexity index is 446. The highest BCUT2D eigenvalue weighted by Gasteiger charge is 2.20. The summed E-state index contributed by atoms with van der Waals surface area (Å²) in [7, 11) is -1.37. The van der Waals surface area contributed by atoms with Crippen molar-refractivity contribution >= 4 is 19.5 Å². The highest BCUT2D eigenvalue weighted by Crippen LogP contribution is 2.42. The van der Waals surface area contributed by atoms with Gasteiger partial charge in [0.1, 0.15) is 5.78 Å². The van der Waals surface area contributed by atoms with E-state index in [1.165, 1.54) is 0 Å². The molecule has 0 spiro atoms. The summed E-state index contributed by atoms with van der Waals surface area (Å²) < 4.78 is 25.1. The van der Waals surface area contributed by atoms with Crippen LogP contribution in [-0.4, -0.2) is 62.3 Å². The second kappa shape index (κ2) is 15.2. The Morgan fingerprint density at radius 3 is 2.46 bits per heavy atom. The van der Waals surface area contributed by atoms with Crippen LogP contribution in [0, 0.1) is 5.92 Å². The van der Waals surface area contributed by atoms with Crippen molar-refractivity contribution in [1.29, 1.82) is 0 Å². The van der Waals surface area contributed by atoms with Gasteiger partial charge in [-0.25, -0.2) is 4.57 Å². The van der Waals surface area contributed by atoms with E-state index in [0.29, 0.717) is 45.3 Å². The summed E-state index contributed by atoms with van der Waals surface area (Å²) in [4.78, 5) is 32.3. The molecule has 9 nitrogen and oxygen atoms in total. The van der Waals surface area contributed by atoms with Crippen molar-refractivity contribution < 1.29 is 37.9 Å². The minimum Gasteiger partial charge on any atom is -0.396 e. The van der Waals surface area contributed by atoms with Crippen LogP contribution in [0.15, 0.2) is 0 Å². The van der Waals surface area contributed by atoms with Gasteiger partial charge in [-0.15, -0.1) is 0 Å². The number of unbranched alkanes of at least 4 members (excludes halogenated alkanes) is 1. The zero-order valence-corrected chi connectivity index (χ0v) is 16.5. The molecule has 0 fully saturated rings. The lowest BCUT2D eigenvalue weighted by atomic mass is 10.0. The molecule has 0 aromatic heterocycles. The Hall–Kier alpha value is -0.830. The lowest BCUT2D eigenvalue weighted by molar-refractivity contribution is -0.125. The summed E-state index contributed by atoms with van der Waals surface area (Å²) in [5, 5.41) is 12.0. The molecule has 0 radical (unpaired) electrons. The molecule has 0 aromatic rings. The molecule has 154 valence electrons. The fourth-order valence-electron chi connectivity index (χ4n) is 2.15. The van der Waals surface area contributed by atoms with Crippen molar-refractivity contribution in [2.45, 2.75) is 44.9 Å². The van der Waals surface area contributed by atoms with Crippen LogP contribution >= 0.6 is 7.82 Å². The molecule has 2 unspecified atom stereocenters. The van der Waals surface area contributed by atoms with Crippen molar-refractivity contribution in [3.05, 3.63) is 0 Å². The summed E-state index contributed by atoms with van der Waals surface area (Å²) in [5.74, 6) is -0.375. The quantitative estimate of drug-likeness (QED) is 0.248. The smallest absolute Gasteiger partial charge is 0.396 e. The number of nitrogens with one attached hydrogen (secondary N) is 1. The lowest BCUT2D eigenvalue weighted by Crippen LogP contribution is -2.25. The van der Waals surface area contributed by atoms with Gasteiger partial charge >= 0.3 is 7.82 Å². The molecule has 0 aromatic carbocycles. The van der Waals surface area contributed by atoms with Crippen LogP contribution in [0.3, 0.4) is 0 Å². The minimum atomic E-state index is -4.03. The Morgan fingerprint density at radius 2 is 1.85 bits per heavy atom. The number of hydrogen-bond acceptors (Lipinski definition) is 7. The maximum absolute atomic E-state index is 11.7. The second-order valence-corrected chi connectivity index (χ2v) is 7.54. The number of hydrogen-bond donors (Lipinski definition) is 3. The molecule has 0 aliphatic rings. The van der Waals surface area contributed by atoms with Gasteiger partial charge in [0.2, 0.25) is 5.91 Å². The molecular formula is C16H32NO8P. The summed E-state index contributed by atoms with van der Waals surface area (Å²) in [6.07, 6.45) is 3.52. The molecular weight excluding hydrogens is 365 g/mol. The second-order valence-electron chi connectivity index (χ2n) is 5.98. The van der Waals surface area contributed by atoms with Gasteiger partial charge in [-0.2, -0.15) is 0 Å². The first-order valence-corrected chi connectivity index (χ1v) is 10.3. The molecule has 10 heteroatoms. The van der Waals surface area contributed by atoms with E-state index in [4.69, 9.17) is 14.2 Å². The molecule has 0 rings (SSSR count). The fourth-order valence-corrected chi connectivity index (χ4v) is 2.65. The number of aliphatic hydroxyl groups is 1. The van der Waals surface area contributed by atoms with Gasteiger partial charge in [0.05, 0.1) is 6.61 Å². The van der Waals surface area contributed by atoms with Gasteiger partial charge in [-0.3, -0.25) is 18.6 Å². The van der Waals surface area contributed by atoms with Crippen LogP contribution in [0.1, 0.15) is 44.9 Å². The van der Waals surface area contributed by atoms with E-state index in [2.05, 4.69) is 9.84 Å². The van der Waals surface area contributed by atoms with E-state index in [-0.39, 0.29) is 43.7 Å². The van der Waals surface area contributed by atoms with Gasteiger partial charge in [-0.1, -0.05) is 6.42 Å². The molecule has 1 amide bonds. The van der Waals surface area contributed by atoms with Crippen molar-refractivity contribution in [3.8, 4) is 0 Å². The summed E-state index contributed by atoms with van der Waals surface area (Å²) >= 11 is 0. The Labute approximate surface area is 155 Å². The number of ketones is 1. The largest absolute Gasteiger partial charge is 0.471 e. The number of phosphoric acid groups is 1. The first kappa shape index (κ1) is 25.2. The van der Waals surface area contributed by atoms with Crippen molar-refractivity contribution in [1.82, 2.24) is 5.32 Å². The molecule has 0 heterocycles. The van der Waals surface area contributed by atoms with Crippen LogP contribution in [0.4, 0.5) is 0 Å². The zero-order valence-electron chi connectivity index (χ0n) is 15.6. The van der Waals surface area contributed by atoms with Crippen LogP contribution < -0.4 is 5.32 Å². The summed E-state index contributed by atoms with van der Waals surface area (Å²) in [6, 6.07) is 0. The van der Waals surface area contributed by atoms with Crippen molar-refractivity contribution in [2.75, 3.05) is 40.6 Å². The molecule has 0 aliphatic heterocycles. The van der Waals surface area contributed by atoms with Crippen molar-refractivity contribution in [3.63, 3.8) is 0 Å². The first-order valence-electron chi connectivity index (χ1n) is 8.76. The van der Waals surface area contributed by atoms with Gasteiger partial charge in [-0.05, 0) is 19.3 Å². The van der Waals surface area contributed by atoms with E-state index in [9.17, 15) is 19.3 Å². The number of Topliss-reactive ketones (excluding diaryl/α,β-unsaturated/α-hetero) is 1. The van der Waals surface area contributed by atoms with E-state index < -0.39 is 7.82 Å². The van der Waals surface area contributed by atoms with Crippen molar-refractivity contribution in [2.24, 2.45) is 5.92 Å². The van der Waals surface area contributed by atoms with Crippen LogP contribution in [0.2, 0.25) is 0 Å². The summed E-state index contributed by atoms with van der Waals surface area (Å²) in [5.41, 5.74) is 0. The van der Waals surface area contributed by atoms with Crippen LogP contribution in [0.25, 0.3) is 0 Å². The molecule has 0 saturated heterocycles. The standard InChI is InChI=1S/C16H32NO8P/c1-23-11-5-7-15(19)8-9-16(20)17-10-4-3-6-14(12-18)13-25-26(21,22)24-2/h14,18H,3-13H2,1-2H3,(H,17,20)(H,21,22). The maximum Gasteiger partial charge on any atom is 0.471 e. The first-order chi connectivity index (χ1) is 12.3. The number of rotatable bonds is 17. The van der Waals surface area contributed by atoms with E-state index in [1.54, 1.807) is 7.11 Å². The van der Waals surface area contributed by atoms with Gasteiger partial charge < -0.3 is 20.1 Å². The monoisotopic (exact) mass is 397 g/mol. The zero-order chi connectivity index (χ0) is 19.8. The number of methoxy groups -OCH3 is 1. The van der Waals surface area contributed by atoms with Crippen LogP contribution in [-0.2, 0) is 27.9 Å². The number of ether oxygens (including phenoxy) is 1. The normalized spacial score (nSPS) is 14.6. The lowest BCUT2D eigenvalue weighted by Gasteiger charge is -2.16. The summed E-state index contributed by atoms with van der Waals surface area (Å²) in [6.45, 7) is 0.780. The van der Waals surface area contributed by atoms with E-state index in [0.717, 1.165) is 7.11 Å². The molecule has 2 atom stereocenters. The average Bonchev–Trinajstić information content (AvgIpc) is 2.62. The average molecular weight is 397 g/mol. The predicted molar refractivity (Wildman–Crippen MR) is 95.6 cm³/mol. The Morgan fingerprint density at radius 1 is 1.12 bits per heavy atom.